The summed E-state index contributed by atoms with van der Waals surface area (Å²) in [5.41, 5.74) is 4.03. The topological polar surface area (TPSA) is 86.1 Å². The number of para-hydroxylation sites is 1. The highest BCUT2D eigenvalue weighted by molar-refractivity contribution is 7.99. The highest BCUT2D eigenvalue weighted by Crippen LogP contribution is 2.29. The van der Waals surface area contributed by atoms with Gasteiger partial charge in [-0.1, -0.05) is 54.2 Å². The fourth-order valence-electron chi connectivity index (χ4n) is 3.40. The molecule has 0 atom stereocenters. The van der Waals surface area contributed by atoms with Gasteiger partial charge in [0.25, 0.3) is 0 Å². The van der Waals surface area contributed by atoms with Crippen molar-refractivity contribution >= 4 is 29.3 Å². The molecule has 0 aliphatic carbocycles. The Morgan fingerprint density at radius 1 is 0.941 bits per heavy atom. The molecule has 8 heteroatoms. The van der Waals surface area contributed by atoms with Crippen molar-refractivity contribution in [3.63, 3.8) is 0 Å². The van der Waals surface area contributed by atoms with E-state index in [0.717, 1.165) is 22.6 Å². The van der Waals surface area contributed by atoms with Crippen LogP contribution in [0.15, 0.2) is 84.0 Å². The van der Waals surface area contributed by atoms with Crippen molar-refractivity contribution < 1.29 is 14.3 Å². The summed E-state index contributed by atoms with van der Waals surface area (Å²) in [6, 6.07) is 24.5. The van der Waals surface area contributed by atoms with Gasteiger partial charge in [-0.15, -0.1) is 10.2 Å². The third-order valence-corrected chi connectivity index (χ3v) is 5.97. The molecule has 0 aliphatic heterocycles. The number of esters is 1. The molecule has 4 aromatic rings. The van der Waals surface area contributed by atoms with Gasteiger partial charge in [-0.25, -0.2) is 4.79 Å². The van der Waals surface area contributed by atoms with Crippen molar-refractivity contribution in [1.29, 1.82) is 0 Å². The quantitative estimate of drug-likeness (QED) is 0.282. The number of carbonyl (C=O) groups is 2. The normalized spacial score (nSPS) is 10.6. The number of rotatable bonds is 8. The van der Waals surface area contributed by atoms with Crippen molar-refractivity contribution in [2.75, 3.05) is 17.7 Å². The fourth-order valence-corrected chi connectivity index (χ4v) is 4.15. The van der Waals surface area contributed by atoms with E-state index in [1.807, 2.05) is 66.1 Å². The molecule has 0 unspecified atom stereocenters. The molecule has 0 saturated carbocycles. The summed E-state index contributed by atoms with van der Waals surface area (Å²) >= 11 is 1.31. The number of thioether (sulfide) groups is 1. The zero-order valence-corrected chi connectivity index (χ0v) is 19.7. The molecule has 0 saturated heterocycles. The second kappa shape index (κ2) is 10.8. The van der Waals surface area contributed by atoms with Crippen LogP contribution in [0.1, 0.15) is 22.8 Å². The molecule has 1 N–H and O–H groups in total. The van der Waals surface area contributed by atoms with Crippen LogP contribution in [0.5, 0.6) is 0 Å². The minimum atomic E-state index is -0.388. The molecule has 3 aromatic carbocycles. The van der Waals surface area contributed by atoms with Gasteiger partial charge in [0.1, 0.15) is 0 Å². The molecular formula is C26H24N4O3S. The molecule has 0 fully saturated rings. The standard InChI is InChI=1S/C26H24N4O3S/c1-3-33-25(32)19-13-15-20(16-14-19)27-23(31)17-34-26-29-28-24(22-12-8-7-9-18(22)2)30(26)21-10-5-4-6-11-21/h4-16H,3,17H2,1-2H3,(H,27,31). The zero-order valence-electron chi connectivity index (χ0n) is 18.9. The van der Waals surface area contributed by atoms with Gasteiger partial charge in [-0.05, 0) is 55.8 Å². The number of nitrogens with one attached hydrogen (secondary N) is 1. The maximum atomic E-state index is 12.6. The van der Waals surface area contributed by atoms with Crippen LogP contribution in [-0.4, -0.2) is 39.0 Å². The predicted molar refractivity (Wildman–Crippen MR) is 133 cm³/mol. The first-order valence-corrected chi connectivity index (χ1v) is 11.8. The Kier molecular flexibility index (Phi) is 7.39. The third-order valence-electron chi connectivity index (χ3n) is 5.05. The number of amides is 1. The van der Waals surface area contributed by atoms with Crippen molar-refractivity contribution in [3.8, 4) is 17.1 Å². The molecule has 34 heavy (non-hydrogen) atoms. The maximum Gasteiger partial charge on any atom is 0.338 e. The van der Waals surface area contributed by atoms with E-state index >= 15 is 0 Å². The number of aromatic nitrogens is 3. The lowest BCUT2D eigenvalue weighted by Gasteiger charge is -2.12. The molecule has 1 amide bonds. The van der Waals surface area contributed by atoms with Crippen molar-refractivity contribution in [3.05, 3.63) is 90.0 Å². The van der Waals surface area contributed by atoms with Gasteiger partial charge >= 0.3 is 5.97 Å². The molecule has 1 aromatic heterocycles. The Morgan fingerprint density at radius 3 is 2.35 bits per heavy atom. The first-order valence-electron chi connectivity index (χ1n) is 10.8. The van der Waals surface area contributed by atoms with E-state index in [9.17, 15) is 9.59 Å². The largest absolute Gasteiger partial charge is 0.462 e. The lowest BCUT2D eigenvalue weighted by molar-refractivity contribution is -0.113. The molecule has 0 bridgehead atoms. The van der Waals surface area contributed by atoms with Gasteiger partial charge < -0.3 is 10.1 Å². The summed E-state index contributed by atoms with van der Waals surface area (Å²) in [7, 11) is 0. The third kappa shape index (κ3) is 5.35. The van der Waals surface area contributed by atoms with Crippen LogP contribution in [0.25, 0.3) is 17.1 Å². The smallest absolute Gasteiger partial charge is 0.338 e. The van der Waals surface area contributed by atoms with E-state index < -0.39 is 0 Å². The fraction of sp³-hybridized carbons (Fsp3) is 0.154. The molecule has 0 radical (unpaired) electrons. The Labute approximate surface area is 202 Å². The number of carbonyl (C=O) groups excluding carboxylic acids is 2. The van der Waals surface area contributed by atoms with Crippen LogP contribution in [0.4, 0.5) is 5.69 Å². The van der Waals surface area contributed by atoms with Crippen LogP contribution in [0.2, 0.25) is 0 Å². The van der Waals surface area contributed by atoms with Crippen LogP contribution >= 0.6 is 11.8 Å². The van der Waals surface area contributed by atoms with E-state index in [1.54, 1.807) is 31.2 Å². The summed E-state index contributed by atoms with van der Waals surface area (Å²) in [5, 5.41) is 12.3. The van der Waals surface area contributed by atoms with Gasteiger partial charge in [-0.2, -0.15) is 0 Å². The summed E-state index contributed by atoms with van der Waals surface area (Å²) < 4.78 is 6.95. The molecule has 0 aliphatic rings. The molecule has 7 nitrogen and oxygen atoms in total. The minimum Gasteiger partial charge on any atom is -0.462 e. The molecule has 1 heterocycles. The zero-order chi connectivity index (χ0) is 23.9. The minimum absolute atomic E-state index is 0.151. The maximum absolute atomic E-state index is 12.6. The number of aryl methyl sites for hydroxylation is 1. The average Bonchev–Trinajstić information content (AvgIpc) is 3.28. The molecular weight excluding hydrogens is 448 g/mol. The summed E-state index contributed by atoms with van der Waals surface area (Å²) in [5.74, 6) is 0.301. The monoisotopic (exact) mass is 472 g/mol. The van der Waals surface area contributed by atoms with Crippen molar-refractivity contribution in [1.82, 2.24) is 14.8 Å². The number of nitrogens with zero attached hydrogens (tertiary/aromatic N) is 3. The Hall–Kier alpha value is -3.91. The number of ether oxygens (including phenoxy) is 1. The second-order valence-corrected chi connectivity index (χ2v) is 8.37. The number of hydrogen-bond acceptors (Lipinski definition) is 6. The molecule has 172 valence electrons. The SMILES string of the molecule is CCOC(=O)c1ccc(NC(=O)CSc2nnc(-c3ccccc3C)n2-c2ccccc2)cc1. The van der Waals surface area contributed by atoms with E-state index in [0.29, 0.717) is 23.0 Å². The van der Waals surface area contributed by atoms with Gasteiger partial charge in [0.2, 0.25) is 5.91 Å². The Bertz CT molecular complexity index is 1290. The van der Waals surface area contributed by atoms with Gasteiger partial charge in [0.05, 0.1) is 17.9 Å². The Balaban J connectivity index is 1.50. The van der Waals surface area contributed by atoms with Crippen LogP contribution < -0.4 is 5.32 Å². The highest BCUT2D eigenvalue weighted by atomic mass is 32.2. The van der Waals surface area contributed by atoms with E-state index in [1.165, 1.54) is 11.8 Å². The molecule has 0 spiro atoms. The van der Waals surface area contributed by atoms with Gasteiger partial charge in [-0.3, -0.25) is 9.36 Å². The van der Waals surface area contributed by atoms with Crippen LogP contribution in [-0.2, 0) is 9.53 Å². The lowest BCUT2D eigenvalue weighted by Crippen LogP contribution is -2.15. The average molecular weight is 473 g/mol. The van der Waals surface area contributed by atoms with Crippen LogP contribution in [0, 0.1) is 6.92 Å². The second-order valence-electron chi connectivity index (χ2n) is 7.43. The van der Waals surface area contributed by atoms with Gasteiger partial charge in [0, 0.05) is 16.9 Å². The first-order chi connectivity index (χ1) is 16.6. The number of anilines is 1. The predicted octanol–water partition coefficient (Wildman–Crippen LogP) is 5.15. The summed E-state index contributed by atoms with van der Waals surface area (Å²) in [6.45, 7) is 4.10. The number of hydrogen-bond donors (Lipinski definition) is 1. The van der Waals surface area contributed by atoms with Gasteiger partial charge in [0.15, 0.2) is 11.0 Å². The van der Waals surface area contributed by atoms with Crippen molar-refractivity contribution in [2.24, 2.45) is 0 Å². The summed E-state index contributed by atoms with van der Waals surface area (Å²) in [4.78, 5) is 24.4. The van der Waals surface area contributed by atoms with Crippen LogP contribution in [0.3, 0.4) is 0 Å². The lowest BCUT2D eigenvalue weighted by atomic mass is 10.1. The van der Waals surface area contributed by atoms with E-state index in [2.05, 4.69) is 15.5 Å². The highest BCUT2D eigenvalue weighted by Gasteiger charge is 2.18. The van der Waals surface area contributed by atoms with Crippen molar-refractivity contribution in [2.45, 2.75) is 19.0 Å². The summed E-state index contributed by atoms with van der Waals surface area (Å²) in [6.07, 6.45) is 0. The Morgan fingerprint density at radius 2 is 1.65 bits per heavy atom. The first kappa shape index (κ1) is 23.3. The van der Waals surface area contributed by atoms with E-state index in [-0.39, 0.29) is 17.6 Å². The van der Waals surface area contributed by atoms with E-state index in [4.69, 9.17) is 4.74 Å². The number of benzene rings is 3. The molecule has 4 rings (SSSR count).